The third-order valence-corrected chi connectivity index (χ3v) is 8.37. The summed E-state index contributed by atoms with van der Waals surface area (Å²) in [4.78, 5) is 30.2. The molecule has 3 aromatic heterocycles. The van der Waals surface area contributed by atoms with E-state index in [4.69, 9.17) is 31.6 Å². The van der Waals surface area contributed by atoms with Crippen LogP contribution in [0.3, 0.4) is 0 Å². The molecule has 0 saturated carbocycles. The number of pyridine rings is 1. The van der Waals surface area contributed by atoms with Crippen LogP contribution in [0.15, 0.2) is 39.8 Å². The second-order valence-corrected chi connectivity index (χ2v) is 11.2. The summed E-state index contributed by atoms with van der Waals surface area (Å²) in [6.45, 7) is 7.14. The maximum atomic E-state index is 14.2. The Labute approximate surface area is 243 Å². The van der Waals surface area contributed by atoms with E-state index in [0.29, 0.717) is 57.5 Å². The summed E-state index contributed by atoms with van der Waals surface area (Å²) in [6.07, 6.45) is 5.82. The van der Waals surface area contributed by atoms with Gasteiger partial charge in [0.2, 0.25) is 17.7 Å². The molecule has 0 radical (unpaired) electrons. The van der Waals surface area contributed by atoms with Gasteiger partial charge in [0.25, 0.3) is 5.56 Å². The second-order valence-electron chi connectivity index (χ2n) is 10.8. The average molecular weight is 579 g/mol. The van der Waals surface area contributed by atoms with Crippen LogP contribution in [0.4, 0.5) is 5.95 Å². The van der Waals surface area contributed by atoms with Crippen LogP contribution >= 0.6 is 11.6 Å². The number of nitrogens with one attached hydrogen (secondary N) is 1. The Hall–Kier alpha value is -3.38. The van der Waals surface area contributed by atoms with Crippen LogP contribution in [0.1, 0.15) is 37.6 Å². The maximum Gasteiger partial charge on any atom is 0.260 e. The lowest BCUT2D eigenvalue weighted by Gasteiger charge is -2.22. The molecular formula is C29H35ClN8O3. The number of benzene rings is 1. The zero-order valence-corrected chi connectivity index (χ0v) is 23.9. The lowest BCUT2D eigenvalue weighted by molar-refractivity contribution is 0.0649. The number of nitrogens with zero attached hydrogens (tertiary/aromatic N) is 6. The first-order valence-electron chi connectivity index (χ1n) is 14.3. The Kier molecular flexibility index (Phi) is 8.29. The zero-order valence-electron chi connectivity index (χ0n) is 23.2. The minimum atomic E-state index is -0.131. The Morgan fingerprint density at radius 3 is 2.76 bits per heavy atom. The number of aromatic nitrogens is 5. The largest absolute Gasteiger partial charge is 0.381 e. The minimum absolute atomic E-state index is 0.0400. The van der Waals surface area contributed by atoms with E-state index >= 15 is 0 Å². The Morgan fingerprint density at radius 2 is 2.00 bits per heavy atom. The number of ether oxygens (including phenoxy) is 1. The molecule has 1 aromatic carbocycles. The predicted octanol–water partition coefficient (Wildman–Crippen LogP) is 3.90. The fourth-order valence-corrected chi connectivity index (χ4v) is 6.14. The van der Waals surface area contributed by atoms with E-state index < -0.39 is 0 Å². The molecule has 2 fully saturated rings. The number of likely N-dealkylation sites (tertiary alicyclic amines) is 1. The molecular weight excluding hydrogens is 544 g/mol. The van der Waals surface area contributed by atoms with Crippen molar-refractivity contribution in [3.63, 3.8) is 0 Å². The molecule has 2 saturated heterocycles. The first kappa shape index (κ1) is 27.8. The number of hydrogen-bond acceptors (Lipinski definition) is 10. The van der Waals surface area contributed by atoms with Gasteiger partial charge in [-0.25, -0.2) is 4.98 Å². The lowest BCUT2D eigenvalue weighted by Crippen LogP contribution is -2.31. The molecule has 1 unspecified atom stereocenters. The number of rotatable bonds is 9. The Balaban J connectivity index is 1.36. The summed E-state index contributed by atoms with van der Waals surface area (Å²) in [7, 11) is 0. The lowest BCUT2D eigenvalue weighted by atomic mass is 9.97. The van der Waals surface area contributed by atoms with Crippen molar-refractivity contribution in [3.05, 3.63) is 51.7 Å². The second kappa shape index (κ2) is 12.2. The van der Waals surface area contributed by atoms with Crippen LogP contribution in [0, 0.1) is 12.8 Å². The minimum Gasteiger partial charge on any atom is -0.381 e. The highest BCUT2D eigenvalue weighted by Crippen LogP contribution is 2.33. The van der Waals surface area contributed by atoms with E-state index in [9.17, 15) is 4.79 Å². The molecule has 3 N–H and O–H groups in total. The summed E-state index contributed by atoms with van der Waals surface area (Å²) in [5, 5.41) is 8.57. The normalized spacial score (nSPS) is 18.4. The molecule has 0 bridgehead atoms. The van der Waals surface area contributed by atoms with Gasteiger partial charge in [-0.1, -0.05) is 28.9 Å². The van der Waals surface area contributed by atoms with Gasteiger partial charge in [0.15, 0.2) is 0 Å². The highest BCUT2D eigenvalue weighted by atomic mass is 35.5. The van der Waals surface area contributed by atoms with E-state index in [1.165, 1.54) is 0 Å². The molecule has 5 heterocycles. The van der Waals surface area contributed by atoms with E-state index in [-0.39, 0.29) is 11.6 Å². The monoisotopic (exact) mass is 578 g/mol. The van der Waals surface area contributed by atoms with Crippen molar-refractivity contribution in [2.45, 2.75) is 38.6 Å². The molecule has 2 aliphatic rings. The van der Waals surface area contributed by atoms with Crippen LogP contribution in [-0.4, -0.2) is 75.5 Å². The number of anilines is 1. The van der Waals surface area contributed by atoms with E-state index in [0.717, 1.165) is 70.5 Å². The summed E-state index contributed by atoms with van der Waals surface area (Å²) >= 11 is 6.76. The van der Waals surface area contributed by atoms with Gasteiger partial charge in [0.05, 0.1) is 6.04 Å². The fourth-order valence-electron chi connectivity index (χ4n) is 5.86. The number of aryl methyl sites for hydroxylation is 1. The molecule has 0 aliphatic carbocycles. The smallest absolute Gasteiger partial charge is 0.260 e. The van der Waals surface area contributed by atoms with Crippen molar-refractivity contribution in [1.82, 2.24) is 29.6 Å². The molecule has 4 aromatic rings. The number of fused-ring (bicyclic) bond motifs is 1. The standard InChI is InChI=1S/C29H35ClN8O3/c1-18-34-26(36-41-18)20-2-3-23(25(30)15-20)24-14-21-16-33-29(32-9-4-19-6-12-40-13-7-19)35-27(21)38(28(24)39)22-5-10-37(17-22)11-8-31/h2-3,14-16,19,22H,4-13,17,31H2,1H3,(H,32,33,35). The van der Waals surface area contributed by atoms with Crippen molar-refractivity contribution >= 4 is 28.6 Å². The topological polar surface area (TPSA) is 137 Å². The van der Waals surface area contributed by atoms with Crippen LogP contribution in [0.5, 0.6) is 0 Å². The fraction of sp³-hybridized carbons (Fsp3) is 0.483. The molecule has 41 heavy (non-hydrogen) atoms. The molecule has 216 valence electrons. The van der Waals surface area contributed by atoms with Crippen molar-refractivity contribution in [1.29, 1.82) is 0 Å². The zero-order chi connectivity index (χ0) is 28.3. The maximum absolute atomic E-state index is 14.2. The predicted molar refractivity (Wildman–Crippen MR) is 158 cm³/mol. The summed E-state index contributed by atoms with van der Waals surface area (Å²) in [5.74, 6) is 2.09. The number of nitrogens with two attached hydrogens (primary N) is 1. The molecule has 11 nitrogen and oxygen atoms in total. The van der Waals surface area contributed by atoms with Crippen molar-refractivity contribution in [2.75, 3.05) is 51.3 Å². The van der Waals surface area contributed by atoms with Gasteiger partial charge in [-0.2, -0.15) is 9.97 Å². The van der Waals surface area contributed by atoms with Crippen molar-refractivity contribution in [3.8, 4) is 22.5 Å². The highest BCUT2D eigenvalue weighted by Gasteiger charge is 2.28. The average Bonchev–Trinajstić information content (AvgIpc) is 3.63. The van der Waals surface area contributed by atoms with Gasteiger partial charge in [-0.05, 0) is 43.7 Å². The number of hydrogen-bond donors (Lipinski definition) is 2. The van der Waals surface area contributed by atoms with Crippen LogP contribution in [0.2, 0.25) is 5.02 Å². The third kappa shape index (κ3) is 5.99. The van der Waals surface area contributed by atoms with Gasteiger partial charge in [-0.15, -0.1) is 0 Å². The van der Waals surface area contributed by atoms with Crippen LogP contribution in [-0.2, 0) is 4.74 Å². The van der Waals surface area contributed by atoms with Crippen LogP contribution < -0.4 is 16.6 Å². The molecule has 6 rings (SSSR count). The molecule has 2 aliphatic heterocycles. The number of halogens is 1. The van der Waals surface area contributed by atoms with Crippen LogP contribution in [0.25, 0.3) is 33.5 Å². The first-order chi connectivity index (χ1) is 20.0. The third-order valence-electron chi connectivity index (χ3n) is 8.05. The summed E-state index contributed by atoms with van der Waals surface area (Å²) < 4.78 is 12.4. The SMILES string of the molecule is Cc1nc(-c2ccc(-c3cc4cnc(NCCC5CCOCC5)nc4n(C4CCN(CCN)C4)c3=O)c(Cl)c2)no1. The Morgan fingerprint density at radius 1 is 1.15 bits per heavy atom. The Bertz CT molecular complexity index is 1580. The highest BCUT2D eigenvalue weighted by molar-refractivity contribution is 6.33. The van der Waals surface area contributed by atoms with E-state index in [1.807, 2.05) is 22.8 Å². The molecule has 1 atom stereocenters. The summed E-state index contributed by atoms with van der Waals surface area (Å²) in [5.41, 5.74) is 8.17. The van der Waals surface area contributed by atoms with Crippen molar-refractivity contribution < 1.29 is 9.26 Å². The van der Waals surface area contributed by atoms with Crippen molar-refractivity contribution in [2.24, 2.45) is 11.7 Å². The van der Waals surface area contributed by atoms with Gasteiger partial charge in [-0.3, -0.25) is 14.3 Å². The van der Waals surface area contributed by atoms with Gasteiger partial charge in [0.1, 0.15) is 5.65 Å². The molecule has 0 amide bonds. The molecule has 0 spiro atoms. The van der Waals surface area contributed by atoms with E-state index in [1.54, 1.807) is 19.2 Å². The summed E-state index contributed by atoms with van der Waals surface area (Å²) in [6, 6.07) is 7.24. The van der Waals surface area contributed by atoms with Gasteiger partial charge < -0.3 is 20.3 Å². The van der Waals surface area contributed by atoms with Gasteiger partial charge >= 0.3 is 0 Å². The van der Waals surface area contributed by atoms with Gasteiger partial charge in [0, 0.05) is 86.2 Å². The quantitative estimate of drug-likeness (QED) is 0.301. The molecule has 12 heteroatoms. The first-order valence-corrected chi connectivity index (χ1v) is 14.6. The van der Waals surface area contributed by atoms with E-state index in [2.05, 4.69) is 25.3 Å².